The Morgan fingerprint density at radius 3 is 2.83 bits per heavy atom. The summed E-state index contributed by atoms with van der Waals surface area (Å²) in [6.07, 6.45) is 7.51. The van der Waals surface area contributed by atoms with Gasteiger partial charge in [-0.2, -0.15) is 10.2 Å². The summed E-state index contributed by atoms with van der Waals surface area (Å²) in [4.78, 5) is 25.5. The lowest BCUT2D eigenvalue weighted by Gasteiger charge is -2.16. The number of aryl methyl sites for hydroxylation is 3. The quantitative estimate of drug-likeness (QED) is 0.672. The van der Waals surface area contributed by atoms with Gasteiger partial charge in [-0.05, 0) is 18.8 Å². The maximum atomic E-state index is 12.8. The van der Waals surface area contributed by atoms with E-state index in [1.807, 2.05) is 13.2 Å². The molecule has 2 amide bonds. The molecule has 4 rings (SSSR count). The number of carbonyl (C=O) groups excluding carboxylic acids is 2. The van der Waals surface area contributed by atoms with Crippen LogP contribution in [0.25, 0.3) is 0 Å². The van der Waals surface area contributed by atoms with E-state index in [1.54, 1.807) is 17.9 Å². The summed E-state index contributed by atoms with van der Waals surface area (Å²) in [5.74, 6) is 0.493. The van der Waals surface area contributed by atoms with Crippen molar-refractivity contribution in [2.45, 2.75) is 32.7 Å². The van der Waals surface area contributed by atoms with Crippen LogP contribution in [0.1, 0.15) is 51.2 Å². The van der Waals surface area contributed by atoms with E-state index in [1.165, 1.54) is 10.9 Å². The Kier molecular flexibility index (Phi) is 4.91. The molecular formula is C19H23N7O3. The summed E-state index contributed by atoms with van der Waals surface area (Å²) in [7, 11) is 3.46. The second-order valence-corrected chi connectivity index (χ2v) is 7.47. The number of anilines is 1. The van der Waals surface area contributed by atoms with Crippen molar-refractivity contribution in [1.29, 1.82) is 0 Å². The zero-order valence-electron chi connectivity index (χ0n) is 16.6. The van der Waals surface area contributed by atoms with Crippen LogP contribution in [0.15, 0.2) is 23.1 Å². The zero-order valence-corrected chi connectivity index (χ0v) is 16.6. The molecule has 29 heavy (non-hydrogen) atoms. The molecule has 3 heterocycles. The molecule has 0 saturated carbocycles. The highest BCUT2D eigenvalue weighted by Gasteiger charge is 2.28. The standard InChI is InChI=1S/C19H23N7O3/c1-11-4-5-15-13(6-11)16(24-29-15)18(27)23-14-9-22-26(3)17(14)19(28)20-7-12-8-21-25(2)10-12/h8-11H,4-7H2,1-3H3,(H,20,28)(H,23,27). The Morgan fingerprint density at radius 1 is 1.24 bits per heavy atom. The summed E-state index contributed by atoms with van der Waals surface area (Å²) in [5.41, 5.74) is 2.58. The first-order valence-electron chi connectivity index (χ1n) is 9.49. The summed E-state index contributed by atoms with van der Waals surface area (Å²) in [6, 6.07) is 0. The van der Waals surface area contributed by atoms with E-state index in [-0.39, 0.29) is 17.3 Å². The first-order chi connectivity index (χ1) is 13.9. The van der Waals surface area contributed by atoms with Gasteiger partial charge in [0, 0.05) is 44.4 Å². The van der Waals surface area contributed by atoms with Gasteiger partial charge in [0.15, 0.2) is 5.69 Å². The Labute approximate surface area is 167 Å². The third kappa shape index (κ3) is 3.78. The fourth-order valence-corrected chi connectivity index (χ4v) is 3.57. The summed E-state index contributed by atoms with van der Waals surface area (Å²) < 4.78 is 8.44. The van der Waals surface area contributed by atoms with Gasteiger partial charge in [0.2, 0.25) is 0 Å². The maximum absolute atomic E-state index is 12.8. The number of nitrogens with one attached hydrogen (secondary N) is 2. The minimum atomic E-state index is -0.404. The molecule has 0 aromatic carbocycles. The van der Waals surface area contributed by atoms with Crippen molar-refractivity contribution in [1.82, 2.24) is 30.0 Å². The van der Waals surface area contributed by atoms with Gasteiger partial charge in [-0.25, -0.2) is 0 Å². The topological polar surface area (TPSA) is 120 Å². The smallest absolute Gasteiger partial charge is 0.278 e. The van der Waals surface area contributed by atoms with Gasteiger partial charge < -0.3 is 15.2 Å². The van der Waals surface area contributed by atoms with Crippen molar-refractivity contribution in [2.24, 2.45) is 20.0 Å². The minimum Gasteiger partial charge on any atom is -0.360 e. The number of carbonyl (C=O) groups is 2. The van der Waals surface area contributed by atoms with E-state index >= 15 is 0 Å². The number of rotatable bonds is 5. The predicted molar refractivity (Wildman–Crippen MR) is 103 cm³/mol. The lowest BCUT2D eigenvalue weighted by molar-refractivity contribution is 0.0942. The third-order valence-corrected chi connectivity index (χ3v) is 5.11. The average molecular weight is 397 g/mol. The van der Waals surface area contributed by atoms with Crippen LogP contribution in [0, 0.1) is 5.92 Å². The van der Waals surface area contributed by atoms with Crippen LogP contribution >= 0.6 is 0 Å². The zero-order chi connectivity index (χ0) is 20.5. The molecule has 0 fully saturated rings. The van der Waals surface area contributed by atoms with Crippen LogP contribution < -0.4 is 10.6 Å². The number of hydrogen-bond donors (Lipinski definition) is 2. The Morgan fingerprint density at radius 2 is 2.07 bits per heavy atom. The van der Waals surface area contributed by atoms with Crippen LogP contribution in [-0.2, 0) is 33.5 Å². The molecule has 1 aliphatic rings. The molecule has 3 aromatic rings. The molecule has 0 spiro atoms. The monoisotopic (exact) mass is 397 g/mol. The van der Waals surface area contributed by atoms with Gasteiger partial charge in [0.1, 0.15) is 11.5 Å². The van der Waals surface area contributed by atoms with Gasteiger partial charge in [-0.1, -0.05) is 12.1 Å². The predicted octanol–water partition coefficient (Wildman–Crippen LogP) is 1.45. The molecule has 0 bridgehead atoms. The Hall–Kier alpha value is -3.43. The van der Waals surface area contributed by atoms with Gasteiger partial charge in [-0.15, -0.1) is 0 Å². The van der Waals surface area contributed by atoms with Gasteiger partial charge >= 0.3 is 0 Å². The molecule has 152 valence electrons. The minimum absolute atomic E-state index is 0.257. The fraction of sp³-hybridized carbons (Fsp3) is 0.421. The van der Waals surface area contributed by atoms with Crippen LogP contribution in [0.2, 0.25) is 0 Å². The highest BCUT2D eigenvalue weighted by molar-refractivity contribution is 6.08. The Balaban J connectivity index is 1.49. The number of nitrogens with zero attached hydrogens (tertiary/aromatic N) is 5. The highest BCUT2D eigenvalue weighted by atomic mass is 16.5. The molecule has 0 saturated heterocycles. The molecule has 1 atom stereocenters. The molecule has 0 radical (unpaired) electrons. The molecule has 3 aromatic heterocycles. The summed E-state index contributed by atoms with van der Waals surface area (Å²) in [6.45, 7) is 2.46. The Bertz CT molecular complexity index is 1060. The number of hydrogen-bond acceptors (Lipinski definition) is 6. The van der Waals surface area contributed by atoms with Gasteiger partial charge in [0.25, 0.3) is 11.8 Å². The van der Waals surface area contributed by atoms with E-state index in [4.69, 9.17) is 4.52 Å². The number of aromatic nitrogens is 5. The van der Waals surface area contributed by atoms with E-state index < -0.39 is 5.91 Å². The average Bonchev–Trinajstić information content (AvgIpc) is 3.38. The first kappa shape index (κ1) is 18.9. The molecule has 2 N–H and O–H groups in total. The third-order valence-electron chi connectivity index (χ3n) is 5.11. The number of fused-ring (bicyclic) bond motifs is 1. The largest absolute Gasteiger partial charge is 0.360 e. The van der Waals surface area contributed by atoms with E-state index in [2.05, 4.69) is 32.9 Å². The summed E-state index contributed by atoms with van der Waals surface area (Å²) in [5, 5.41) is 17.7. The van der Waals surface area contributed by atoms with Crippen molar-refractivity contribution in [3.05, 3.63) is 46.9 Å². The van der Waals surface area contributed by atoms with Crippen molar-refractivity contribution < 1.29 is 14.1 Å². The molecular weight excluding hydrogens is 374 g/mol. The second kappa shape index (κ2) is 7.53. The maximum Gasteiger partial charge on any atom is 0.278 e. The molecule has 10 heteroatoms. The van der Waals surface area contributed by atoms with E-state index in [9.17, 15) is 9.59 Å². The lowest BCUT2D eigenvalue weighted by Crippen LogP contribution is -2.27. The molecule has 1 unspecified atom stereocenters. The molecule has 0 aliphatic heterocycles. The van der Waals surface area contributed by atoms with Crippen LogP contribution in [0.4, 0.5) is 5.69 Å². The van der Waals surface area contributed by atoms with E-state index in [0.717, 1.165) is 36.1 Å². The molecule has 1 aliphatic carbocycles. The van der Waals surface area contributed by atoms with E-state index in [0.29, 0.717) is 18.2 Å². The van der Waals surface area contributed by atoms with Crippen molar-refractivity contribution >= 4 is 17.5 Å². The van der Waals surface area contributed by atoms with Crippen molar-refractivity contribution in [2.75, 3.05) is 5.32 Å². The highest BCUT2D eigenvalue weighted by Crippen LogP contribution is 2.28. The SMILES string of the molecule is CC1CCc2onc(C(=O)Nc3cnn(C)c3C(=O)NCc3cnn(C)c3)c2C1. The van der Waals surface area contributed by atoms with Crippen LogP contribution in [-0.4, -0.2) is 36.5 Å². The van der Waals surface area contributed by atoms with Crippen molar-refractivity contribution in [3.63, 3.8) is 0 Å². The van der Waals surface area contributed by atoms with Crippen molar-refractivity contribution in [3.8, 4) is 0 Å². The first-order valence-corrected chi connectivity index (χ1v) is 9.49. The summed E-state index contributed by atoms with van der Waals surface area (Å²) >= 11 is 0. The number of amides is 2. The normalized spacial score (nSPS) is 15.8. The lowest BCUT2D eigenvalue weighted by atomic mass is 9.88. The van der Waals surface area contributed by atoms with Crippen LogP contribution in [0.5, 0.6) is 0 Å². The fourth-order valence-electron chi connectivity index (χ4n) is 3.57. The second-order valence-electron chi connectivity index (χ2n) is 7.47. The van der Waals surface area contributed by atoms with Gasteiger partial charge in [0.05, 0.1) is 18.1 Å². The van der Waals surface area contributed by atoms with Gasteiger partial charge in [-0.3, -0.25) is 19.0 Å². The molecule has 10 nitrogen and oxygen atoms in total. The van der Waals surface area contributed by atoms with Crippen LogP contribution in [0.3, 0.4) is 0 Å².